The van der Waals surface area contributed by atoms with Crippen LogP contribution < -0.4 is 4.74 Å². The molecule has 0 N–H and O–H groups in total. The third-order valence-corrected chi connectivity index (χ3v) is 3.74. The lowest BCUT2D eigenvalue weighted by atomic mass is 9.98. The summed E-state index contributed by atoms with van der Waals surface area (Å²) in [4.78, 5) is 27.6. The third kappa shape index (κ3) is 5.70. The van der Waals surface area contributed by atoms with E-state index in [-0.39, 0.29) is 6.09 Å². The van der Waals surface area contributed by atoms with Crippen LogP contribution >= 0.6 is 0 Å². The van der Waals surface area contributed by atoms with Gasteiger partial charge in [-0.2, -0.15) is 4.99 Å². The fourth-order valence-corrected chi connectivity index (χ4v) is 2.52. The number of aliphatic imine (C=N–C) groups is 1. The quantitative estimate of drug-likeness (QED) is 0.623. The molecule has 1 amide bonds. The standard InChI is InChI=1S/C18H24N2O4/c1-18(2,3)24-17(22)20-9-7-14(8-10-20)12-23-16-6-4-5-15(11-16)19-13-21/h4-6,11,14H,7-10,12H2,1-3H3. The molecular weight excluding hydrogens is 308 g/mol. The number of piperidine rings is 1. The summed E-state index contributed by atoms with van der Waals surface area (Å²) in [6.45, 7) is 7.55. The van der Waals surface area contributed by atoms with Crippen molar-refractivity contribution >= 4 is 17.9 Å². The molecule has 0 radical (unpaired) electrons. The molecule has 1 saturated heterocycles. The summed E-state index contributed by atoms with van der Waals surface area (Å²) < 4.78 is 11.2. The smallest absolute Gasteiger partial charge is 0.410 e. The molecule has 0 bridgehead atoms. The first-order chi connectivity index (χ1) is 11.4. The van der Waals surface area contributed by atoms with E-state index in [2.05, 4.69) is 4.99 Å². The van der Waals surface area contributed by atoms with Crippen LogP contribution in [0, 0.1) is 5.92 Å². The molecule has 1 aromatic carbocycles. The molecule has 0 saturated carbocycles. The largest absolute Gasteiger partial charge is 0.493 e. The van der Waals surface area contributed by atoms with Crippen LogP contribution in [0.5, 0.6) is 5.75 Å². The van der Waals surface area contributed by atoms with E-state index in [0.29, 0.717) is 37.1 Å². The molecule has 6 nitrogen and oxygen atoms in total. The lowest BCUT2D eigenvalue weighted by Crippen LogP contribution is -2.42. The van der Waals surface area contributed by atoms with Crippen LogP contribution in [0.2, 0.25) is 0 Å². The Hall–Kier alpha value is -2.33. The highest BCUT2D eigenvalue weighted by molar-refractivity contribution is 5.68. The van der Waals surface area contributed by atoms with E-state index >= 15 is 0 Å². The number of nitrogens with zero attached hydrogens (tertiary/aromatic N) is 2. The van der Waals surface area contributed by atoms with Gasteiger partial charge in [0.2, 0.25) is 6.08 Å². The average Bonchev–Trinajstić information content (AvgIpc) is 2.52. The predicted octanol–water partition coefficient (Wildman–Crippen LogP) is 3.68. The van der Waals surface area contributed by atoms with Crippen molar-refractivity contribution in [2.24, 2.45) is 10.9 Å². The number of amides is 1. The highest BCUT2D eigenvalue weighted by atomic mass is 16.6. The van der Waals surface area contributed by atoms with Gasteiger partial charge in [-0.3, -0.25) is 0 Å². The Kier molecular flexibility index (Phi) is 5.99. The van der Waals surface area contributed by atoms with E-state index < -0.39 is 5.60 Å². The van der Waals surface area contributed by atoms with Gasteiger partial charge in [0, 0.05) is 19.2 Å². The first-order valence-electron chi connectivity index (χ1n) is 8.16. The molecule has 1 heterocycles. The number of hydrogen-bond acceptors (Lipinski definition) is 5. The van der Waals surface area contributed by atoms with Gasteiger partial charge in [-0.25, -0.2) is 9.59 Å². The van der Waals surface area contributed by atoms with Gasteiger partial charge in [0.15, 0.2) is 0 Å². The second-order valence-corrected chi connectivity index (χ2v) is 6.92. The van der Waals surface area contributed by atoms with Crippen molar-refractivity contribution in [3.05, 3.63) is 24.3 Å². The molecule has 0 aliphatic carbocycles. The third-order valence-electron chi connectivity index (χ3n) is 3.74. The van der Waals surface area contributed by atoms with Crippen LogP contribution in [0.3, 0.4) is 0 Å². The molecule has 0 atom stereocenters. The monoisotopic (exact) mass is 332 g/mol. The van der Waals surface area contributed by atoms with Crippen LogP contribution in [0.1, 0.15) is 33.6 Å². The molecule has 2 rings (SSSR count). The maximum Gasteiger partial charge on any atom is 0.410 e. The second-order valence-electron chi connectivity index (χ2n) is 6.92. The highest BCUT2D eigenvalue weighted by Crippen LogP contribution is 2.23. The number of isocyanates is 1. The minimum Gasteiger partial charge on any atom is -0.493 e. The van der Waals surface area contributed by atoms with Gasteiger partial charge in [0.25, 0.3) is 0 Å². The Bertz CT molecular complexity index is 610. The van der Waals surface area contributed by atoms with Crippen LogP contribution in [0.4, 0.5) is 10.5 Å². The first kappa shape index (κ1) is 18.0. The normalized spacial score (nSPS) is 15.5. The minimum absolute atomic E-state index is 0.249. The number of ether oxygens (including phenoxy) is 2. The van der Waals surface area contributed by atoms with E-state index in [1.165, 1.54) is 6.08 Å². The van der Waals surface area contributed by atoms with Crippen molar-refractivity contribution in [3.63, 3.8) is 0 Å². The molecule has 130 valence electrons. The molecule has 0 aromatic heterocycles. The van der Waals surface area contributed by atoms with Crippen molar-refractivity contribution in [1.29, 1.82) is 0 Å². The number of carbonyl (C=O) groups excluding carboxylic acids is 2. The van der Waals surface area contributed by atoms with Crippen molar-refractivity contribution in [1.82, 2.24) is 4.90 Å². The summed E-state index contributed by atoms with van der Waals surface area (Å²) in [5.41, 5.74) is 0.0636. The van der Waals surface area contributed by atoms with Gasteiger partial charge >= 0.3 is 6.09 Å². The Morgan fingerprint density at radius 2 is 2.04 bits per heavy atom. The summed E-state index contributed by atoms with van der Waals surface area (Å²) in [6.07, 6.45) is 3.03. The van der Waals surface area contributed by atoms with E-state index in [0.717, 1.165) is 12.8 Å². The number of likely N-dealkylation sites (tertiary alicyclic amines) is 1. The van der Waals surface area contributed by atoms with Gasteiger partial charge in [-0.1, -0.05) is 6.07 Å². The predicted molar refractivity (Wildman–Crippen MR) is 90.2 cm³/mol. The fourth-order valence-electron chi connectivity index (χ4n) is 2.52. The van der Waals surface area contributed by atoms with E-state index in [9.17, 15) is 9.59 Å². The molecule has 1 aliphatic rings. The van der Waals surface area contributed by atoms with Gasteiger partial charge < -0.3 is 14.4 Å². The summed E-state index contributed by atoms with van der Waals surface area (Å²) >= 11 is 0. The van der Waals surface area contributed by atoms with Gasteiger partial charge in [-0.15, -0.1) is 0 Å². The molecule has 1 aliphatic heterocycles. The lowest BCUT2D eigenvalue weighted by Gasteiger charge is -2.33. The SMILES string of the molecule is CC(C)(C)OC(=O)N1CCC(COc2cccc(N=C=O)c2)CC1. The summed E-state index contributed by atoms with van der Waals surface area (Å²) in [7, 11) is 0. The molecular formula is C18H24N2O4. The zero-order valence-corrected chi connectivity index (χ0v) is 14.4. The summed E-state index contributed by atoms with van der Waals surface area (Å²) in [6, 6.07) is 7.05. The highest BCUT2D eigenvalue weighted by Gasteiger charge is 2.27. The second kappa shape index (κ2) is 7.97. The minimum atomic E-state index is -0.466. The van der Waals surface area contributed by atoms with E-state index in [1.807, 2.05) is 26.8 Å². The number of hydrogen-bond donors (Lipinski definition) is 0. The molecule has 0 spiro atoms. The Balaban J connectivity index is 1.78. The molecule has 6 heteroatoms. The number of carbonyl (C=O) groups is 1. The van der Waals surface area contributed by atoms with Crippen LogP contribution in [0.25, 0.3) is 0 Å². The lowest BCUT2D eigenvalue weighted by molar-refractivity contribution is 0.0165. The first-order valence-corrected chi connectivity index (χ1v) is 8.16. The number of benzene rings is 1. The summed E-state index contributed by atoms with van der Waals surface area (Å²) in [5.74, 6) is 1.07. The van der Waals surface area contributed by atoms with Crippen molar-refractivity contribution in [3.8, 4) is 5.75 Å². The van der Waals surface area contributed by atoms with E-state index in [4.69, 9.17) is 9.47 Å². The summed E-state index contributed by atoms with van der Waals surface area (Å²) in [5, 5.41) is 0. The molecule has 1 fully saturated rings. The van der Waals surface area contributed by atoms with Gasteiger partial charge in [0.05, 0.1) is 12.3 Å². The van der Waals surface area contributed by atoms with Crippen molar-refractivity contribution in [2.45, 2.75) is 39.2 Å². The fraction of sp³-hybridized carbons (Fsp3) is 0.556. The zero-order valence-electron chi connectivity index (χ0n) is 14.4. The van der Waals surface area contributed by atoms with Crippen LogP contribution in [-0.4, -0.2) is 42.4 Å². The maximum absolute atomic E-state index is 12.0. The van der Waals surface area contributed by atoms with Gasteiger partial charge in [-0.05, 0) is 51.7 Å². The van der Waals surface area contributed by atoms with Crippen LogP contribution in [-0.2, 0) is 9.53 Å². The maximum atomic E-state index is 12.0. The Labute approximate surface area is 142 Å². The molecule has 24 heavy (non-hydrogen) atoms. The van der Waals surface area contributed by atoms with Crippen molar-refractivity contribution in [2.75, 3.05) is 19.7 Å². The number of rotatable bonds is 4. The average molecular weight is 332 g/mol. The topological polar surface area (TPSA) is 68.2 Å². The van der Waals surface area contributed by atoms with Crippen molar-refractivity contribution < 1.29 is 19.1 Å². The Morgan fingerprint density at radius 3 is 2.67 bits per heavy atom. The van der Waals surface area contributed by atoms with Crippen LogP contribution in [0.15, 0.2) is 29.3 Å². The molecule has 1 aromatic rings. The molecule has 0 unspecified atom stereocenters. The van der Waals surface area contributed by atoms with Gasteiger partial charge in [0.1, 0.15) is 11.4 Å². The Morgan fingerprint density at radius 1 is 1.33 bits per heavy atom. The zero-order chi connectivity index (χ0) is 17.6. The van der Waals surface area contributed by atoms with E-state index in [1.54, 1.807) is 23.1 Å².